The van der Waals surface area contributed by atoms with E-state index < -0.39 is 6.09 Å². The van der Waals surface area contributed by atoms with E-state index in [0.717, 1.165) is 16.7 Å². The molecule has 1 amide bonds. The van der Waals surface area contributed by atoms with Crippen LogP contribution >= 0.6 is 11.6 Å². The van der Waals surface area contributed by atoms with Crippen LogP contribution < -0.4 is 0 Å². The van der Waals surface area contributed by atoms with Crippen LogP contribution in [0.25, 0.3) is 17.0 Å². The highest BCUT2D eigenvalue weighted by Gasteiger charge is 2.17. The van der Waals surface area contributed by atoms with Crippen molar-refractivity contribution in [2.45, 2.75) is 6.42 Å². The summed E-state index contributed by atoms with van der Waals surface area (Å²) < 4.78 is 0. The van der Waals surface area contributed by atoms with E-state index in [0.29, 0.717) is 30.4 Å². The van der Waals surface area contributed by atoms with Gasteiger partial charge in [0.05, 0.1) is 0 Å². The topological polar surface area (TPSA) is 66.3 Å². The third kappa shape index (κ3) is 3.09. The van der Waals surface area contributed by atoms with Crippen molar-refractivity contribution in [2.24, 2.45) is 0 Å². The van der Waals surface area contributed by atoms with E-state index in [1.165, 1.54) is 4.90 Å². The standard InChI is InChI=1S/C16H14ClN3O2/c17-14-3-1-2-12(8-14)15-18-9-13(10-19-15)11-4-6-20(7-5-11)16(21)22/h1-4,8-10H,5-7H2,(H,21,22). The van der Waals surface area contributed by atoms with Gasteiger partial charge in [0.15, 0.2) is 5.82 Å². The molecule has 0 saturated heterocycles. The molecule has 0 fully saturated rings. The molecule has 0 spiro atoms. The van der Waals surface area contributed by atoms with Gasteiger partial charge in [0, 0.05) is 41.6 Å². The molecule has 3 rings (SSSR count). The molecule has 1 aromatic carbocycles. The fraction of sp³-hybridized carbons (Fsp3) is 0.188. The second-order valence-electron chi connectivity index (χ2n) is 5.01. The first-order valence-corrected chi connectivity index (χ1v) is 7.26. The maximum Gasteiger partial charge on any atom is 0.407 e. The zero-order valence-electron chi connectivity index (χ0n) is 11.7. The Morgan fingerprint density at radius 2 is 2.00 bits per heavy atom. The van der Waals surface area contributed by atoms with Crippen molar-refractivity contribution in [3.05, 3.63) is 53.3 Å². The molecule has 0 atom stereocenters. The van der Waals surface area contributed by atoms with E-state index in [1.54, 1.807) is 18.5 Å². The van der Waals surface area contributed by atoms with Crippen LogP contribution in [-0.4, -0.2) is 39.2 Å². The van der Waals surface area contributed by atoms with Gasteiger partial charge >= 0.3 is 6.09 Å². The van der Waals surface area contributed by atoms with Gasteiger partial charge in [-0.15, -0.1) is 0 Å². The maximum absolute atomic E-state index is 10.9. The minimum absolute atomic E-state index is 0.403. The first-order chi connectivity index (χ1) is 10.6. The normalized spacial score (nSPS) is 14.6. The molecule has 1 aromatic heterocycles. The lowest BCUT2D eigenvalue weighted by molar-refractivity contribution is 0.150. The number of halogens is 1. The van der Waals surface area contributed by atoms with Gasteiger partial charge in [-0.3, -0.25) is 0 Å². The van der Waals surface area contributed by atoms with Crippen LogP contribution in [0.15, 0.2) is 42.7 Å². The van der Waals surface area contributed by atoms with Crippen LogP contribution in [0, 0.1) is 0 Å². The first-order valence-electron chi connectivity index (χ1n) is 6.89. The molecule has 112 valence electrons. The Hall–Kier alpha value is -2.40. The van der Waals surface area contributed by atoms with Crippen LogP contribution in [-0.2, 0) is 0 Å². The lowest BCUT2D eigenvalue weighted by atomic mass is 10.0. The third-order valence-corrected chi connectivity index (χ3v) is 3.82. The molecule has 1 aliphatic heterocycles. The summed E-state index contributed by atoms with van der Waals surface area (Å²) in [6, 6.07) is 7.40. The third-order valence-electron chi connectivity index (χ3n) is 3.59. The number of nitrogens with zero attached hydrogens (tertiary/aromatic N) is 3. The summed E-state index contributed by atoms with van der Waals surface area (Å²) in [7, 11) is 0. The highest BCUT2D eigenvalue weighted by Crippen LogP contribution is 2.23. The average molecular weight is 316 g/mol. The Labute approximate surface area is 132 Å². The van der Waals surface area contributed by atoms with Crippen molar-refractivity contribution < 1.29 is 9.90 Å². The summed E-state index contributed by atoms with van der Waals surface area (Å²) >= 11 is 5.97. The molecule has 0 unspecified atom stereocenters. The Morgan fingerprint density at radius 3 is 2.59 bits per heavy atom. The summed E-state index contributed by atoms with van der Waals surface area (Å²) in [5.74, 6) is 0.620. The maximum atomic E-state index is 10.9. The first kappa shape index (κ1) is 14.5. The average Bonchev–Trinajstić information content (AvgIpc) is 2.55. The number of aromatic nitrogens is 2. The van der Waals surface area contributed by atoms with E-state index in [1.807, 2.05) is 24.3 Å². The number of benzene rings is 1. The highest BCUT2D eigenvalue weighted by atomic mass is 35.5. The molecule has 0 aliphatic carbocycles. The molecule has 5 nitrogen and oxygen atoms in total. The Kier molecular flexibility index (Phi) is 4.06. The Morgan fingerprint density at radius 1 is 1.23 bits per heavy atom. The molecule has 0 saturated carbocycles. The van der Waals surface area contributed by atoms with Crippen molar-refractivity contribution >= 4 is 23.3 Å². The van der Waals surface area contributed by atoms with Crippen molar-refractivity contribution in [1.29, 1.82) is 0 Å². The molecule has 6 heteroatoms. The fourth-order valence-corrected chi connectivity index (χ4v) is 2.57. The van der Waals surface area contributed by atoms with Crippen LogP contribution in [0.5, 0.6) is 0 Å². The van der Waals surface area contributed by atoms with Gasteiger partial charge in [0.2, 0.25) is 0 Å². The number of carboxylic acid groups (broad SMARTS) is 1. The molecule has 22 heavy (non-hydrogen) atoms. The number of amides is 1. The molecule has 0 bridgehead atoms. The quantitative estimate of drug-likeness (QED) is 0.920. The van der Waals surface area contributed by atoms with Crippen LogP contribution in [0.1, 0.15) is 12.0 Å². The predicted octanol–water partition coefficient (Wildman–Crippen LogP) is 3.56. The van der Waals surface area contributed by atoms with Gasteiger partial charge in [-0.25, -0.2) is 14.8 Å². The Bertz CT molecular complexity index is 728. The minimum Gasteiger partial charge on any atom is -0.465 e. The van der Waals surface area contributed by atoms with E-state index in [4.69, 9.17) is 16.7 Å². The predicted molar refractivity (Wildman–Crippen MR) is 84.7 cm³/mol. The minimum atomic E-state index is -0.886. The van der Waals surface area contributed by atoms with Crippen molar-refractivity contribution in [3.8, 4) is 11.4 Å². The Balaban J connectivity index is 1.79. The molecule has 1 aliphatic rings. The van der Waals surface area contributed by atoms with E-state index in [2.05, 4.69) is 9.97 Å². The molecule has 2 heterocycles. The summed E-state index contributed by atoms with van der Waals surface area (Å²) in [5, 5.41) is 9.59. The summed E-state index contributed by atoms with van der Waals surface area (Å²) in [6.45, 7) is 0.901. The van der Waals surface area contributed by atoms with E-state index in [9.17, 15) is 4.79 Å². The molecular weight excluding hydrogens is 302 g/mol. The molecule has 0 radical (unpaired) electrons. The monoisotopic (exact) mass is 315 g/mol. The zero-order valence-corrected chi connectivity index (χ0v) is 12.5. The van der Waals surface area contributed by atoms with Gasteiger partial charge in [0.25, 0.3) is 0 Å². The molecular formula is C16H14ClN3O2. The summed E-state index contributed by atoms with van der Waals surface area (Å²) in [6.07, 6.45) is 5.24. The van der Waals surface area contributed by atoms with Gasteiger partial charge < -0.3 is 10.0 Å². The lowest BCUT2D eigenvalue weighted by Gasteiger charge is -2.23. The molecule has 1 N–H and O–H groups in total. The van der Waals surface area contributed by atoms with Crippen LogP contribution in [0.3, 0.4) is 0 Å². The molecule has 2 aromatic rings. The van der Waals surface area contributed by atoms with Gasteiger partial charge in [0.1, 0.15) is 0 Å². The van der Waals surface area contributed by atoms with Gasteiger partial charge in [-0.1, -0.05) is 29.8 Å². The summed E-state index contributed by atoms with van der Waals surface area (Å²) in [4.78, 5) is 21.0. The largest absolute Gasteiger partial charge is 0.465 e. The lowest BCUT2D eigenvalue weighted by Crippen LogP contribution is -2.33. The SMILES string of the molecule is O=C(O)N1CC=C(c2cnc(-c3cccc(Cl)c3)nc2)CC1. The van der Waals surface area contributed by atoms with Crippen molar-refractivity contribution in [2.75, 3.05) is 13.1 Å². The van der Waals surface area contributed by atoms with Crippen LogP contribution in [0.4, 0.5) is 4.79 Å². The highest BCUT2D eigenvalue weighted by molar-refractivity contribution is 6.30. The van der Waals surface area contributed by atoms with Crippen molar-refractivity contribution in [1.82, 2.24) is 14.9 Å². The van der Waals surface area contributed by atoms with Crippen LogP contribution in [0.2, 0.25) is 5.02 Å². The number of carbonyl (C=O) groups is 1. The van der Waals surface area contributed by atoms with Gasteiger partial charge in [-0.05, 0) is 24.1 Å². The summed E-state index contributed by atoms with van der Waals surface area (Å²) in [5.41, 5.74) is 2.87. The van der Waals surface area contributed by atoms with Crippen molar-refractivity contribution in [3.63, 3.8) is 0 Å². The second kappa shape index (κ2) is 6.15. The second-order valence-corrected chi connectivity index (χ2v) is 5.45. The number of rotatable bonds is 2. The zero-order chi connectivity index (χ0) is 15.5. The number of hydrogen-bond acceptors (Lipinski definition) is 3. The number of hydrogen-bond donors (Lipinski definition) is 1. The van der Waals surface area contributed by atoms with E-state index >= 15 is 0 Å². The van der Waals surface area contributed by atoms with Gasteiger partial charge in [-0.2, -0.15) is 0 Å². The smallest absolute Gasteiger partial charge is 0.407 e. The fourth-order valence-electron chi connectivity index (χ4n) is 2.38. The van der Waals surface area contributed by atoms with E-state index in [-0.39, 0.29) is 0 Å².